The molecule has 1 fully saturated rings. The molecule has 138 valence electrons. The fourth-order valence-corrected chi connectivity index (χ4v) is 3.66. The zero-order valence-corrected chi connectivity index (χ0v) is 15.9. The van der Waals surface area contributed by atoms with Gasteiger partial charge in [0.2, 0.25) is 0 Å². The maximum atomic E-state index is 9.80. The van der Waals surface area contributed by atoms with Crippen molar-refractivity contribution in [3.05, 3.63) is 0 Å². The first-order valence-electron chi connectivity index (χ1n) is 9.86. The Kier molecular flexibility index (Phi) is 12.5. The summed E-state index contributed by atoms with van der Waals surface area (Å²) >= 11 is 4.12. The minimum absolute atomic E-state index is 0.236. The third-order valence-corrected chi connectivity index (χ3v) is 5.36. The maximum absolute atomic E-state index is 9.80. The molecule has 1 rings (SSSR count). The van der Waals surface area contributed by atoms with Crippen molar-refractivity contribution in [1.82, 2.24) is 0 Å². The van der Waals surface area contributed by atoms with Gasteiger partial charge in [-0.2, -0.15) is 0 Å². The van der Waals surface area contributed by atoms with Gasteiger partial charge in [-0.05, 0) is 6.42 Å². The summed E-state index contributed by atoms with van der Waals surface area (Å²) < 4.78 is 5.46. The smallest absolute Gasteiger partial charge is 0.129 e. The van der Waals surface area contributed by atoms with Crippen LogP contribution >= 0.6 is 12.6 Å². The van der Waals surface area contributed by atoms with E-state index in [1.165, 1.54) is 77.0 Å². The van der Waals surface area contributed by atoms with E-state index in [1.54, 1.807) is 0 Å². The van der Waals surface area contributed by atoms with Crippen molar-refractivity contribution in [2.75, 3.05) is 0 Å². The minimum Gasteiger partial charge on any atom is -0.388 e. The highest BCUT2D eigenvalue weighted by Gasteiger charge is 2.40. The predicted molar refractivity (Wildman–Crippen MR) is 100.0 cm³/mol. The molecule has 3 nitrogen and oxygen atoms in total. The summed E-state index contributed by atoms with van der Waals surface area (Å²) in [5.41, 5.74) is -0.531. The van der Waals surface area contributed by atoms with Crippen molar-refractivity contribution in [3.63, 3.8) is 0 Å². The summed E-state index contributed by atoms with van der Waals surface area (Å²) in [5.74, 6) is 0. The van der Waals surface area contributed by atoms with Crippen molar-refractivity contribution in [3.8, 4) is 0 Å². The molecule has 0 radical (unpaired) electrons. The van der Waals surface area contributed by atoms with E-state index in [9.17, 15) is 10.2 Å². The highest BCUT2D eigenvalue weighted by atomic mass is 32.1. The maximum Gasteiger partial charge on any atom is 0.129 e. The Hall–Kier alpha value is 0.230. The van der Waals surface area contributed by atoms with E-state index in [-0.39, 0.29) is 6.10 Å². The molecule has 4 heteroatoms. The highest BCUT2D eigenvalue weighted by molar-refractivity contribution is 7.80. The van der Waals surface area contributed by atoms with Gasteiger partial charge in [0.05, 0.1) is 6.10 Å². The molecule has 0 aromatic heterocycles. The molecule has 0 aromatic rings. The zero-order chi connectivity index (χ0) is 16.9. The van der Waals surface area contributed by atoms with Crippen LogP contribution in [0.2, 0.25) is 0 Å². The van der Waals surface area contributed by atoms with Gasteiger partial charge in [0.15, 0.2) is 0 Å². The molecule has 0 amide bonds. The van der Waals surface area contributed by atoms with E-state index in [4.69, 9.17) is 4.74 Å². The second-order valence-corrected chi connectivity index (χ2v) is 7.59. The van der Waals surface area contributed by atoms with Gasteiger partial charge in [-0.1, -0.05) is 90.4 Å². The van der Waals surface area contributed by atoms with Crippen LogP contribution in [0.15, 0.2) is 0 Å². The lowest BCUT2D eigenvalue weighted by atomic mass is 10.0. The Morgan fingerprint density at radius 3 is 1.52 bits per heavy atom. The lowest BCUT2D eigenvalue weighted by Gasteiger charge is -2.13. The van der Waals surface area contributed by atoms with Crippen molar-refractivity contribution in [2.24, 2.45) is 0 Å². The number of hydrogen-bond acceptors (Lipinski definition) is 4. The van der Waals surface area contributed by atoms with Crippen LogP contribution < -0.4 is 0 Å². The molecule has 2 N–H and O–H groups in total. The topological polar surface area (TPSA) is 49.7 Å². The van der Waals surface area contributed by atoms with Crippen LogP contribution in [-0.4, -0.2) is 34.0 Å². The van der Waals surface area contributed by atoms with Crippen molar-refractivity contribution in [1.29, 1.82) is 0 Å². The quantitative estimate of drug-likeness (QED) is 0.311. The van der Waals surface area contributed by atoms with Crippen LogP contribution in [-0.2, 0) is 4.74 Å². The molecule has 1 unspecified atom stereocenters. The monoisotopic (exact) mass is 346 g/mol. The van der Waals surface area contributed by atoms with Gasteiger partial charge < -0.3 is 14.9 Å². The summed E-state index contributed by atoms with van der Waals surface area (Å²) in [5, 5.41) is 19.4. The van der Waals surface area contributed by atoms with Gasteiger partial charge in [0.1, 0.15) is 17.6 Å². The molecule has 0 aromatic carbocycles. The number of ether oxygens (including phenoxy) is 1. The second-order valence-electron chi connectivity index (χ2n) is 7.08. The average Bonchev–Trinajstić information content (AvgIpc) is 2.79. The van der Waals surface area contributed by atoms with Gasteiger partial charge in [0, 0.05) is 0 Å². The predicted octanol–water partition coefficient (Wildman–Crippen LogP) is 4.84. The largest absolute Gasteiger partial charge is 0.388 e. The van der Waals surface area contributed by atoms with E-state index < -0.39 is 17.6 Å². The van der Waals surface area contributed by atoms with E-state index >= 15 is 0 Å². The summed E-state index contributed by atoms with van der Waals surface area (Å²) in [6.45, 7) is 2.27. The standard InChI is InChI=1S/C19H38O3S/c1-2-3-4-5-6-7-8-9-10-11-12-13-14-15-16-17(20)18(21)19(23)22-16/h16-21,23H,2-15H2,1H3/t16-,17-,18-,19?/m1/s1. The fourth-order valence-electron chi connectivity index (χ4n) is 3.33. The summed E-state index contributed by atoms with van der Waals surface area (Å²) in [4.78, 5) is 0. The molecular formula is C19H38O3S. The third-order valence-electron chi connectivity index (χ3n) is 4.93. The first-order valence-corrected chi connectivity index (χ1v) is 10.4. The zero-order valence-electron chi connectivity index (χ0n) is 15.0. The Labute approximate surface area is 148 Å². The van der Waals surface area contributed by atoms with Gasteiger partial charge in [0.25, 0.3) is 0 Å². The van der Waals surface area contributed by atoms with Crippen molar-refractivity contribution >= 4 is 12.6 Å². The first kappa shape index (κ1) is 21.3. The number of unbranched alkanes of at least 4 members (excludes halogenated alkanes) is 12. The lowest BCUT2D eigenvalue weighted by Crippen LogP contribution is -2.30. The molecule has 1 saturated heterocycles. The first-order chi connectivity index (χ1) is 11.2. The van der Waals surface area contributed by atoms with E-state index in [0.717, 1.165) is 12.8 Å². The Morgan fingerprint density at radius 1 is 0.696 bits per heavy atom. The van der Waals surface area contributed by atoms with Crippen LogP contribution in [0.3, 0.4) is 0 Å². The SMILES string of the molecule is CCCCCCCCCCCCCCC[C@H]1OC(S)[C@H](O)[C@@H]1O. The summed E-state index contributed by atoms with van der Waals surface area (Å²) in [7, 11) is 0. The Balaban J connectivity index is 1.80. The Bertz CT molecular complexity index is 275. The lowest BCUT2D eigenvalue weighted by molar-refractivity contribution is 0.0175. The van der Waals surface area contributed by atoms with Crippen molar-refractivity contribution < 1.29 is 14.9 Å². The van der Waals surface area contributed by atoms with Gasteiger partial charge >= 0.3 is 0 Å². The number of rotatable bonds is 14. The molecule has 0 spiro atoms. The van der Waals surface area contributed by atoms with Crippen LogP contribution in [0.25, 0.3) is 0 Å². The molecule has 0 saturated carbocycles. The number of hydrogen-bond donors (Lipinski definition) is 3. The number of aliphatic hydroxyl groups is 2. The van der Waals surface area contributed by atoms with Crippen LogP contribution in [0.4, 0.5) is 0 Å². The number of thiol groups is 1. The van der Waals surface area contributed by atoms with Gasteiger partial charge in [-0.3, -0.25) is 0 Å². The molecule has 23 heavy (non-hydrogen) atoms. The molecule has 1 heterocycles. The number of aliphatic hydroxyl groups excluding tert-OH is 2. The molecule has 1 aliphatic heterocycles. The van der Waals surface area contributed by atoms with Crippen LogP contribution in [0.5, 0.6) is 0 Å². The Morgan fingerprint density at radius 2 is 1.13 bits per heavy atom. The van der Waals surface area contributed by atoms with Gasteiger partial charge in [-0.25, -0.2) is 0 Å². The molecule has 4 atom stereocenters. The fraction of sp³-hybridized carbons (Fsp3) is 1.00. The summed E-state index contributed by atoms with van der Waals surface area (Å²) in [6, 6.07) is 0. The van der Waals surface area contributed by atoms with Crippen LogP contribution in [0.1, 0.15) is 96.8 Å². The molecule has 0 aliphatic carbocycles. The highest BCUT2D eigenvalue weighted by Crippen LogP contribution is 2.27. The van der Waals surface area contributed by atoms with Crippen LogP contribution in [0, 0.1) is 0 Å². The summed E-state index contributed by atoms with van der Waals surface area (Å²) in [6.07, 6.45) is 16.4. The molecule has 0 bridgehead atoms. The average molecular weight is 347 g/mol. The molecule has 1 aliphatic rings. The van der Waals surface area contributed by atoms with E-state index in [2.05, 4.69) is 19.6 Å². The normalized spacial score (nSPS) is 27.7. The van der Waals surface area contributed by atoms with E-state index in [0.29, 0.717) is 0 Å². The van der Waals surface area contributed by atoms with E-state index in [1.807, 2.05) is 0 Å². The third kappa shape index (κ3) is 9.33. The molecular weight excluding hydrogens is 308 g/mol. The van der Waals surface area contributed by atoms with Crippen molar-refractivity contribution in [2.45, 2.75) is 121 Å². The second kappa shape index (κ2) is 13.5. The minimum atomic E-state index is -0.842. The van der Waals surface area contributed by atoms with Gasteiger partial charge in [-0.15, -0.1) is 12.6 Å².